The van der Waals surface area contributed by atoms with Gasteiger partial charge in [0.1, 0.15) is 0 Å². The summed E-state index contributed by atoms with van der Waals surface area (Å²) in [5.74, 6) is 0.950. The smallest absolute Gasteiger partial charge is 0.0495 e. The summed E-state index contributed by atoms with van der Waals surface area (Å²) in [5.41, 5.74) is 1.23. The van der Waals surface area contributed by atoms with Crippen molar-refractivity contribution in [1.82, 2.24) is 9.88 Å². The lowest BCUT2D eigenvalue weighted by atomic mass is 10.2. The van der Waals surface area contributed by atoms with E-state index in [1.54, 1.807) is 0 Å². The predicted molar refractivity (Wildman–Crippen MR) is 72.5 cm³/mol. The van der Waals surface area contributed by atoms with Gasteiger partial charge in [0, 0.05) is 29.8 Å². The van der Waals surface area contributed by atoms with Crippen LogP contribution in [0.1, 0.15) is 12.8 Å². The summed E-state index contributed by atoms with van der Waals surface area (Å²) >= 11 is 6.03. The summed E-state index contributed by atoms with van der Waals surface area (Å²) in [6.07, 6.45) is 4.96. The maximum absolute atomic E-state index is 6.03. The van der Waals surface area contributed by atoms with E-state index in [-0.39, 0.29) is 0 Å². The molecule has 0 amide bonds. The van der Waals surface area contributed by atoms with Crippen LogP contribution in [0, 0.1) is 5.92 Å². The van der Waals surface area contributed by atoms with Crippen LogP contribution in [0.2, 0.25) is 5.02 Å². The molecule has 2 aromatic rings. The predicted octanol–water partition coefficient (Wildman–Crippen LogP) is 3.29. The number of benzene rings is 1. The van der Waals surface area contributed by atoms with E-state index in [1.165, 1.54) is 30.3 Å². The van der Waals surface area contributed by atoms with Crippen LogP contribution in [0.15, 0.2) is 30.5 Å². The van der Waals surface area contributed by atoms with Gasteiger partial charge < -0.3 is 9.88 Å². The molecule has 0 unspecified atom stereocenters. The maximum Gasteiger partial charge on any atom is 0.0495 e. The van der Waals surface area contributed by atoms with Gasteiger partial charge in [-0.3, -0.25) is 0 Å². The lowest BCUT2D eigenvalue weighted by Gasteiger charge is -2.07. The van der Waals surface area contributed by atoms with Gasteiger partial charge in [0.25, 0.3) is 0 Å². The molecule has 17 heavy (non-hydrogen) atoms. The van der Waals surface area contributed by atoms with Crippen molar-refractivity contribution in [3.63, 3.8) is 0 Å². The Hall–Kier alpha value is -0.990. The molecular formula is C14H17ClN2. The van der Waals surface area contributed by atoms with Gasteiger partial charge in [-0.1, -0.05) is 17.7 Å². The monoisotopic (exact) mass is 248 g/mol. The second-order valence-electron chi connectivity index (χ2n) is 4.86. The van der Waals surface area contributed by atoms with Gasteiger partial charge in [0.05, 0.1) is 0 Å². The lowest BCUT2D eigenvalue weighted by molar-refractivity contribution is 0.584. The van der Waals surface area contributed by atoms with Crippen LogP contribution in [0.5, 0.6) is 0 Å². The fourth-order valence-electron chi connectivity index (χ4n) is 2.18. The minimum absolute atomic E-state index is 0.809. The maximum atomic E-state index is 6.03. The van der Waals surface area contributed by atoms with E-state index in [0.29, 0.717) is 0 Å². The number of hydrogen-bond acceptors (Lipinski definition) is 1. The molecule has 90 valence electrons. The van der Waals surface area contributed by atoms with E-state index < -0.39 is 0 Å². The fraction of sp³-hybridized carbons (Fsp3) is 0.429. The normalized spacial score (nSPS) is 15.6. The molecule has 1 heterocycles. The van der Waals surface area contributed by atoms with Crippen LogP contribution in [0.25, 0.3) is 10.9 Å². The highest BCUT2D eigenvalue weighted by atomic mass is 35.5. The average molecular weight is 249 g/mol. The molecule has 0 atom stereocenters. The third kappa shape index (κ3) is 2.64. The standard InChI is InChI=1S/C14H17ClN2/c15-13-4-3-12-5-7-17(14(12)9-13)8-6-16-10-11-1-2-11/h3-5,7,9,11,16H,1-2,6,8,10H2. The summed E-state index contributed by atoms with van der Waals surface area (Å²) in [4.78, 5) is 0. The third-order valence-corrected chi connectivity index (χ3v) is 3.63. The molecule has 0 radical (unpaired) electrons. The molecule has 1 aliphatic carbocycles. The molecule has 1 saturated carbocycles. The number of hydrogen-bond donors (Lipinski definition) is 1. The first-order chi connectivity index (χ1) is 8.33. The largest absolute Gasteiger partial charge is 0.346 e. The Bertz CT molecular complexity index is 514. The van der Waals surface area contributed by atoms with Gasteiger partial charge in [-0.25, -0.2) is 0 Å². The van der Waals surface area contributed by atoms with E-state index in [9.17, 15) is 0 Å². The van der Waals surface area contributed by atoms with Gasteiger partial charge in [0.15, 0.2) is 0 Å². The first-order valence-electron chi connectivity index (χ1n) is 6.28. The first kappa shape index (κ1) is 11.1. The Morgan fingerprint density at radius 2 is 2.18 bits per heavy atom. The SMILES string of the molecule is Clc1ccc2ccn(CCNCC3CC3)c2c1. The van der Waals surface area contributed by atoms with Gasteiger partial charge in [-0.15, -0.1) is 0 Å². The third-order valence-electron chi connectivity index (χ3n) is 3.40. The van der Waals surface area contributed by atoms with Crippen molar-refractivity contribution < 1.29 is 0 Å². The van der Waals surface area contributed by atoms with Crippen molar-refractivity contribution in [2.75, 3.05) is 13.1 Å². The second kappa shape index (κ2) is 4.71. The van der Waals surface area contributed by atoms with E-state index >= 15 is 0 Å². The van der Waals surface area contributed by atoms with Crippen LogP contribution in [0.4, 0.5) is 0 Å². The zero-order valence-electron chi connectivity index (χ0n) is 9.82. The van der Waals surface area contributed by atoms with Crippen LogP contribution >= 0.6 is 11.6 Å². The highest BCUT2D eigenvalue weighted by Gasteiger charge is 2.19. The zero-order valence-corrected chi connectivity index (χ0v) is 10.6. The lowest BCUT2D eigenvalue weighted by Crippen LogP contribution is -2.21. The summed E-state index contributed by atoms with van der Waals surface area (Å²) in [5, 5.41) is 5.58. The number of halogens is 1. The van der Waals surface area contributed by atoms with Crippen LogP contribution in [-0.4, -0.2) is 17.7 Å². The summed E-state index contributed by atoms with van der Waals surface area (Å²) in [6, 6.07) is 8.20. The van der Waals surface area contributed by atoms with E-state index in [0.717, 1.165) is 24.0 Å². The molecular weight excluding hydrogens is 232 g/mol. The topological polar surface area (TPSA) is 17.0 Å². The molecule has 1 aromatic carbocycles. The minimum Gasteiger partial charge on any atom is -0.346 e. The Kier molecular flexibility index (Phi) is 3.08. The molecule has 1 fully saturated rings. The van der Waals surface area contributed by atoms with E-state index in [4.69, 9.17) is 11.6 Å². The fourth-order valence-corrected chi connectivity index (χ4v) is 2.35. The number of fused-ring (bicyclic) bond motifs is 1. The molecule has 0 bridgehead atoms. The number of rotatable bonds is 5. The number of nitrogens with one attached hydrogen (secondary N) is 1. The summed E-state index contributed by atoms with van der Waals surface area (Å²) in [6.45, 7) is 3.23. The van der Waals surface area contributed by atoms with Gasteiger partial charge >= 0.3 is 0 Å². The molecule has 1 aliphatic rings. The Labute approximate surface area is 107 Å². The average Bonchev–Trinajstić information content (AvgIpc) is 3.07. The molecule has 0 aliphatic heterocycles. The quantitative estimate of drug-likeness (QED) is 0.804. The van der Waals surface area contributed by atoms with Crippen molar-refractivity contribution in [2.45, 2.75) is 19.4 Å². The summed E-state index contributed by atoms with van der Waals surface area (Å²) in [7, 11) is 0. The Morgan fingerprint density at radius 3 is 3.00 bits per heavy atom. The van der Waals surface area contributed by atoms with Gasteiger partial charge in [-0.05, 0) is 48.9 Å². The second-order valence-corrected chi connectivity index (χ2v) is 5.30. The molecule has 3 heteroatoms. The molecule has 0 spiro atoms. The minimum atomic E-state index is 0.809. The van der Waals surface area contributed by atoms with E-state index in [1.807, 2.05) is 12.1 Å². The first-order valence-corrected chi connectivity index (χ1v) is 6.66. The summed E-state index contributed by atoms with van der Waals surface area (Å²) < 4.78 is 2.26. The van der Waals surface area contributed by atoms with Crippen LogP contribution in [0.3, 0.4) is 0 Å². The van der Waals surface area contributed by atoms with Gasteiger partial charge in [0.2, 0.25) is 0 Å². The molecule has 3 rings (SSSR count). The highest BCUT2D eigenvalue weighted by molar-refractivity contribution is 6.31. The van der Waals surface area contributed by atoms with Crippen LogP contribution < -0.4 is 5.32 Å². The van der Waals surface area contributed by atoms with Crippen molar-refractivity contribution in [1.29, 1.82) is 0 Å². The Balaban J connectivity index is 1.64. The molecule has 1 aromatic heterocycles. The Morgan fingerprint density at radius 1 is 1.29 bits per heavy atom. The van der Waals surface area contributed by atoms with Crippen molar-refractivity contribution >= 4 is 22.5 Å². The van der Waals surface area contributed by atoms with Crippen molar-refractivity contribution in [2.24, 2.45) is 5.92 Å². The zero-order chi connectivity index (χ0) is 11.7. The number of nitrogens with zero attached hydrogens (tertiary/aromatic N) is 1. The molecule has 1 N–H and O–H groups in total. The molecule has 0 saturated heterocycles. The van der Waals surface area contributed by atoms with E-state index in [2.05, 4.69) is 28.2 Å². The number of aromatic nitrogens is 1. The van der Waals surface area contributed by atoms with Crippen LogP contribution in [-0.2, 0) is 6.54 Å². The molecule has 2 nitrogen and oxygen atoms in total. The highest BCUT2D eigenvalue weighted by Crippen LogP contribution is 2.27. The van der Waals surface area contributed by atoms with Crippen molar-refractivity contribution in [3.8, 4) is 0 Å². The van der Waals surface area contributed by atoms with Gasteiger partial charge in [-0.2, -0.15) is 0 Å². The van der Waals surface area contributed by atoms with Crippen molar-refractivity contribution in [3.05, 3.63) is 35.5 Å².